The van der Waals surface area contributed by atoms with Crippen LogP contribution in [0.3, 0.4) is 0 Å². The summed E-state index contributed by atoms with van der Waals surface area (Å²) in [4.78, 5) is 12.0. The molecule has 0 aromatic heterocycles. The second-order valence-electron chi connectivity index (χ2n) is 5.96. The van der Waals surface area contributed by atoms with Crippen LogP contribution in [0.25, 0.3) is 0 Å². The zero-order valence-electron chi connectivity index (χ0n) is 10.2. The van der Waals surface area contributed by atoms with E-state index < -0.39 is 32.6 Å². The molecule has 7 heteroatoms. The van der Waals surface area contributed by atoms with Gasteiger partial charge in [-0.25, -0.2) is 0 Å². The maximum absolute atomic E-state index is 13.6. The molecular weight excluding hydrogens is 266 g/mol. The molecule has 2 fully saturated rings. The quantitative estimate of drug-likeness (QED) is 0.806. The minimum atomic E-state index is -5.48. The van der Waals surface area contributed by atoms with Crippen molar-refractivity contribution < 1.29 is 26.5 Å². The molecule has 2 unspecified atom stereocenters. The largest absolute Gasteiger partial charge is 0.370 e. The van der Waals surface area contributed by atoms with Crippen LogP contribution >= 0.6 is 0 Å². The fourth-order valence-corrected chi connectivity index (χ4v) is 4.06. The molecule has 2 saturated carbocycles. The summed E-state index contributed by atoms with van der Waals surface area (Å²) in [6, 6.07) is 0. The van der Waals surface area contributed by atoms with Crippen LogP contribution in [0.5, 0.6) is 0 Å². The van der Waals surface area contributed by atoms with Crippen LogP contribution in [0.2, 0.25) is 0 Å². The predicted molar refractivity (Wildman–Crippen MR) is 59.7 cm³/mol. The van der Waals surface area contributed by atoms with Crippen LogP contribution in [0.15, 0.2) is 0 Å². The number of ketones is 1. The summed E-state index contributed by atoms with van der Waals surface area (Å²) in [6.45, 7) is 3.46. The molecule has 2 aliphatic rings. The first kappa shape index (κ1) is 13.9. The molecule has 0 saturated heterocycles. The van der Waals surface area contributed by atoms with E-state index in [1.54, 1.807) is 13.8 Å². The molecule has 4 nitrogen and oxygen atoms in total. The van der Waals surface area contributed by atoms with Crippen LogP contribution in [0.1, 0.15) is 39.5 Å². The van der Waals surface area contributed by atoms with Crippen molar-refractivity contribution in [3.05, 3.63) is 0 Å². The molecule has 0 radical (unpaired) electrons. The van der Waals surface area contributed by atoms with E-state index in [1.165, 1.54) is 0 Å². The van der Waals surface area contributed by atoms with Crippen molar-refractivity contribution in [2.24, 2.45) is 16.7 Å². The van der Waals surface area contributed by atoms with Crippen LogP contribution in [0.4, 0.5) is 8.78 Å². The number of Topliss-reactive ketones (excluding diaryl/α,β-unsaturated/α-hetero) is 1. The third-order valence-electron chi connectivity index (χ3n) is 5.02. The van der Waals surface area contributed by atoms with E-state index in [2.05, 4.69) is 0 Å². The van der Waals surface area contributed by atoms with Gasteiger partial charge in [-0.3, -0.25) is 9.35 Å². The summed E-state index contributed by atoms with van der Waals surface area (Å²) in [7, 11) is -5.48. The lowest BCUT2D eigenvalue weighted by molar-refractivity contribution is -0.133. The normalized spacial score (nSPS) is 35.2. The molecule has 0 heterocycles. The molecule has 0 aromatic carbocycles. The summed E-state index contributed by atoms with van der Waals surface area (Å²) in [6.07, 6.45) is 0.0463. The van der Waals surface area contributed by atoms with E-state index in [0.29, 0.717) is 6.42 Å². The molecule has 2 rings (SSSR count). The van der Waals surface area contributed by atoms with Crippen molar-refractivity contribution in [3.63, 3.8) is 0 Å². The number of rotatable bonds is 3. The van der Waals surface area contributed by atoms with Gasteiger partial charge in [-0.15, -0.1) is 0 Å². The molecule has 2 bridgehead atoms. The van der Waals surface area contributed by atoms with Gasteiger partial charge in [-0.2, -0.15) is 17.2 Å². The average Bonchev–Trinajstić information content (AvgIpc) is 2.48. The lowest BCUT2D eigenvalue weighted by Gasteiger charge is -2.38. The van der Waals surface area contributed by atoms with Crippen LogP contribution in [-0.2, 0) is 14.9 Å². The topological polar surface area (TPSA) is 71.4 Å². The summed E-state index contributed by atoms with van der Waals surface area (Å²) in [5.74, 6) is -0.269. The Bertz CT molecular complexity index is 497. The monoisotopic (exact) mass is 282 g/mol. The Morgan fingerprint density at radius 2 is 2.00 bits per heavy atom. The number of hydrogen-bond acceptors (Lipinski definition) is 3. The minimum absolute atomic E-state index is 0.0298. The molecule has 0 amide bonds. The van der Waals surface area contributed by atoms with E-state index >= 15 is 0 Å². The molecule has 104 valence electrons. The Balaban J connectivity index is 2.42. The van der Waals surface area contributed by atoms with Crippen molar-refractivity contribution in [2.45, 2.75) is 44.8 Å². The van der Waals surface area contributed by atoms with Crippen LogP contribution in [-0.4, -0.2) is 24.0 Å². The number of hydrogen-bond donors (Lipinski definition) is 1. The summed E-state index contributed by atoms with van der Waals surface area (Å²) < 4.78 is 57.2. The number of fused-ring (bicyclic) bond motifs is 2. The maximum Gasteiger partial charge on any atom is 0.370 e. The van der Waals surface area contributed by atoms with Gasteiger partial charge in [0, 0.05) is 18.3 Å². The second kappa shape index (κ2) is 3.50. The SMILES string of the molecule is CC1(C)C2CCC1(CC(F)(F)S(=O)(=O)O)C(=O)C2. The van der Waals surface area contributed by atoms with E-state index in [0.717, 1.165) is 0 Å². The van der Waals surface area contributed by atoms with Gasteiger partial charge in [0.15, 0.2) is 0 Å². The Kier molecular flexibility index (Phi) is 2.70. The first-order valence-electron chi connectivity index (χ1n) is 5.82. The molecule has 18 heavy (non-hydrogen) atoms. The Morgan fingerprint density at radius 3 is 2.33 bits per heavy atom. The van der Waals surface area contributed by atoms with Gasteiger partial charge in [0.2, 0.25) is 0 Å². The Labute approximate surface area is 104 Å². The number of halogens is 2. The van der Waals surface area contributed by atoms with Crippen LogP contribution in [0, 0.1) is 16.7 Å². The van der Waals surface area contributed by atoms with E-state index in [1.807, 2.05) is 0 Å². The summed E-state index contributed by atoms with van der Waals surface area (Å²) in [5.41, 5.74) is -1.96. The number of carbonyl (C=O) groups is 1. The first-order chi connectivity index (χ1) is 7.94. The minimum Gasteiger partial charge on any atom is -0.299 e. The highest BCUT2D eigenvalue weighted by Gasteiger charge is 2.68. The number of alkyl halides is 2. The van der Waals surface area contributed by atoms with Crippen molar-refractivity contribution in [2.75, 3.05) is 0 Å². The first-order valence-corrected chi connectivity index (χ1v) is 7.26. The maximum atomic E-state index is 13.6. The summed E-state index contributed by atoms with van der Waals surface area (Å²) >= 11 is 0. The number of carbonyl (C=O) groups excluding carboxylic acids is 1. The highest BCUT2D eigenvalue weighted by atomic mass is 32.2. The van der Waals surface area contributed by atoms with Crippen molar-refractivity contribution in [3.8, 4) is 0 Å². The zero-order chi connectivity index (χ0) is 14.0. The van der Waals surface area contributed by atoms with Crippen molar-refractivity contribution >= 4 is 15.9 Å². The van der Waals surface area contributed by atoms with E-state index in [4.69, 9.17) is 4.55 Å². The lowest BCUT2D eigenvalue weighted by atomic mass is 9.67. The van der Waals surface area contributed by atoms with Gasteiger partial charge >= 0.3 is 15.4 Å². The predicted octanol–water partition coefficient (Wildman–Crippen LogP) is 2.25. The Hall–Kier alpha value is -0.560. The van der Waals surface area contributed by atoms with Crippen molar-refractivity contribution in [1.82, 2.24) is 0 Å². The molecule has 0 aromatic rings. The van der Waals surface area contributed by atoms with Gasteiger partial charge in [0.05, 0.1) is 0 Å². The third-order valence-corrected chi connectivity index (χ3v) is 5.92. The molecular formula is C11H16F2O4S. The molecule has 0 aliphatic heterocycles. The smallest absolute Gasteiger partial charge is 0.299 e. The molecule has 2 aliphatic carbocycles. The van der Waals surface area contributed by atoms with Gasteiger partial charge < -0.3 is 0 Å². The standard InChI is InChI=1S/C11H16F2O4S/c1-9(2)7-3-4-10(9,8(14)5-7)6-11(12,13)18(15,16)17/h7H,3-6H2,1-2H3,(H,15,16,17). The highest BCUT2D eigenvalue weighted by molar-refractivity contribution is 7.86. The molecule has 1 N–H and O–H groups in total. The fourth-order valence-electron chi connectivity index (χ4n) is 3.63. The van der Waals surface area contributed by atoms with Gasteiger partial charge in [-0.1, -0.05) is 13.8 Å². The molecule has 0 spiro atoms. The van der Waals surface area contributed by atoms with Gasteiger partial charge in [0.1, 0.15) is 5.78 Å². The highest BCUT2D eigenvalue weighted by Crippen LogP contribution is 2.67. The van der Waals surface area contributed by atoms with Gasteiger partial charge in [-0.05, 0) is 24.2 Å². The third kappa shape index (κ3) is 1.56. The van der Waals surface area contributed by atoms with E-state index in [9.17, 15) is 22.0 Å². The van der Waals surface area contributed by atoms with Crippen molar-refractivity contribution in [1.29, 1.82) is 0 Å². The lowest BCUT2D eigenvalue weighted by Crippen LogP contribution is -2.44. The fraction of sp³-hybridized carbons (Fsp3) is 0.909. The van der Waals surface area contributed by atoms with Crippen LogP contribution < -0.4 is 0 Å². The Morgan fingerprint density at radius 1 is 1.44 bits per heavy atom. The second-order valence-corrected chi connectivity index (χ2v) is 7.50. The molecule has 2 atom stereocenters. The van der Waals surface area contributed by atoms with Gasteiger partial charge in [0.25, 0.3) is 0 Å². The summed E-state index contributed by atoms with van der Waals surface area (Å²) in [5, 5.41) is -4.26. The zero-order valence-corrected chi connectivity index (χ0v) is 11.1. The van der Waals surface area contributed by atoms with E-state index in [-0.39, 0.29) is 24.5 Å². The average molecular weight is 282 g/mol.